The summed E-state index contributed by atoms with van der Waals surface area (Å²) < 4.78 is 6.92. The predicted molar refractivity (Wildman–Crippen MR) is 120 cm³/mol. The Morgan fingerprint density at radius 2 is 1.37 bits per heavy atom. The van der Waals surface area contributed by atoms with E-state index in [4.69, 9.17) is 4.42 Å². The van der Waals surface area contributed by atoms with Crippen LogP contribution in [0.5, 0.6) is 0 Å². The lowest BCUT2D eigenvalue weighted by Gasteiger charge is -2.00. The molecule has 0 spiro atoms. The van der Waals surface area contributed by atoms with Gasteiger partial charge in [-0.3, -0.25) is 9.59 Å². The van der Waals surface area contributed by atoms with Crippen molar-refractivity contribution in [1.29, 1.82) is 0 Å². The van der Waals surface area contributed by atoms with Gasteiger partial charge in [-0.1, -0.05) is 54.6 Å². The highest BCUT2D eigenvalue weighted by Gasteiger charge is 2.33. The first kappa shape index (κ1) is 17.1. The minimum Gasteiger partial charge on any atom is -0.456 e. The van der Waals surface area contributed by atoms with E-state index >= 15 is 0 Å². The standard InChI is InChI=1S/C26H14O3S/c27-25-19-10-16-8-4-5-9-17(16)11-20(19)26(28)21(25)12-18-13-24-22(29-18)14-23(30-24)15-6-2-1-3-7-15/h1-14H. The van der Waals surface area contributed by atoms with E-state index < -0.39 is 0 Å². The molecule has 0 amide bonds. The molecule has 0 atom stereocenters. The number of rotatable bonds is 2. The van der Waals surface area contributed by atoms with Gasteiger partial charge in [-0.15, -0.1) is 11.3 Å². The third kappa shape index (κ3) is 2.58. The van der Waals surface area contributed by atoms with Gasteiger partial charge in [-0.2, -0.15) is 0 Å². The van der Waals surface area contributed by atoms with Crippen molar-refractivity contribution >= 4 is 50.0 Å². The largest absolute Gasteiger partial charge is 0.456 e. The number of furan rings is 1. The van der Waals surface area contributed by atoms with E-state index in [1.54, 1.807) is 29.5 Å². The molecule has 5 aromatic rings. The van der Waals surface area contributed by atoms with E-state index in [1.807, 2.05) is 54.6 Å². The molecule has 1 aliphatic carbocycles. The van der Waals surface area contributed by atoms with Gasteiger partial charge in [0.1, 0.15) is 11.3 Å². The molecule has 0 unspecified atom stereocenters. The summed E-state index contributed by atoms with van der Waals surface area (Å²) in [5.74, 6) is 0.0286. The van der Waals surface area contributed by atoms with Crippen molar-refractivity contribution < 1.29 is 14.0 Å². The molecular weight excluding hydrogens is 392 g/mol. The van der Waals surface area contributed by atoms with Gasteiger partial charge < -0.3 is 4.42 Å². The number of Topliss-reactive ketones (excluding diaryl/α,β-unsaturated/α-hetero) is 2. The predicted octanol–water partition coefficient (Wildman–Crippen LogP) is 6.78. The fraction of sp³-hybridized carbons (Fsp3) is 0. The Bertz CT molecular complexity index is 1430. The number of hydrogen-bond donors (Lipinski definition) is 0. The average molecular weight is 406 g/mol. The van der Waals surface area contributed by atoms with Gasteiger partial charge in [0, 0.05) is 28.1 Å². The normalized spacial score (nSPS) is 13.4. The Morgan fingerprint density at radius 3 is 2.00 bits per heavy atom. The van der Waals surface area contributed by atoms with Crippen LogP contribution in [0.4, 0.5) is 0 Å². The molecule has 2 heterocycles. The van der Waals surface area contributed by atoms with Gasteiger partial charge in [-0.05, 0) is 34.5 Å². The van der Waals surface area contributed by atoms with E-state index in [0.717, 1.165) is 31.5 Å². The number of fused-ring (bicyclic) bond motifs is 3. The zero-order valence-electron chi connectivity index (χ0n) is 15.7. The fourth-order valence-corrected chi connectivity index (χ4v) is 4.99. The van der Waals surface area contributed by atoms with Crippen molar-refractivity contribution in [3.8, 4) is 10.4 Å². The molecule has 0 radical (unpaired) electrons. The van der Waals surface area contributed by atoms with Gasteiger partial charge in [0.2, 0.25) is 0 Å². The molecule has 3 nitrogen and oxygen atoms in total. The van der Waals surface area contributed by atoms with Crippen molar-refractivity contribution in [2.24, 2.45) is 0 Å². The summed E-state index contributed by atoms with van der Waals surface area (Å²) in [7, 11) is 0. The van der Waals surface area contributed by atoms with Crippen LogP contribution in [0.15, 0.2) is 88.9 Å². The average Bonchev–Trinajstić information content (AvgIpc) is 3.41. The summed E-state index contributed by atoms with van der Waals surface area (Å²) in [6, 6.07) is 25.3. The van der Waals surface area contributed by atoms with Crippen LogP contribution < -0.4 is 0 Å². The summed E-state index contributed by atoms with van der Waals surface area (Å²) in [6.07, 6.45) is 1.57. The molecule has 0 saturated heterocycles. The molecule has 0 saturated carbocycles. The Kier molecular flexibility index (Phi) is 3.64. The lowest BCUT2D eigenvalue weighted by atomic mass is 10.0. The van der Waals surface area contributed by atoms with Crippen molar-refractivity contribution in [1.82, 2.24) is 0 Å². The topological polar surface area (TPSA) is 47.3 Å². The summed E-state index contributed by atoms with van der Waals surface area (Å²) in [5.41, 5.74) is 2.98. The first-order valence-corrected chi connectivity index (χ1v) is 10.4. The molecule has 4 heteroatoms. The molecule has 3 aromatic carbocycles. The summed E-state index contributed by atoms with van der Waals surface area (Å²) >= 11 is 1.63. The Hall–Kier alpha value is -3.76. The van der Waals surface area contributed by atoms with Gasteiger partial charge >= 0.3 is 0 Å². The van der Waals surface area contributed by atoms with Crippen molar-refractivity contribution in [3.63, 3.8) is 0 Å². The van der Waals surface area contributed by atoms with Crippen LogP contribution in [0.2, 0.25) is 0 Å². The second kappa shape index (κ2) is 6.37. The van der Waals surface area contributed by atoms with Crippen LogP contribution >= 0.6 is 11.3 Å². The van der Waals surface area contributed by atoms with Crippen LogP contribution in [-0.2, 0) is 0 Å². The van der Waals surface area contributed by atoms with Gasteiger partial charge in [0.15, 0.2) is 11.6 Å². The van der Waals surface area contributed by atoms with Crippen molar-refractivity contribution in [2.75, 3.05) is 0 Å². The first-order chi connectivity index (χ1) is 14.7. The quantitative estimate of drug-likeness (QED) is 0.240. The second-order valence-electron chi connectivity index (χ2n) is 7.32. The zero-order chi connectivity index (χ0) is 20.2. The lowest BCUT2D eigenvalue weighted by Crippen LogP contribution is -1.99. The molecule has 30 heavy (non-hydrogen) atoms. The molecule has 6 rings (SSSR count). The lowest BCUT2D eigenvalue weighted by molar-refractivity contribution is 0.0990. The Balaban J connectivity index is 1.39. The smallest absolute Gasteiger partial charge is 0.197 e. The SMILES string of the molecule is O=C1C(=Cc2cc3sc(-c4ccccc4)cc3o2)C(=O)c2cc3ccccc3cc21. The van der Waals surface area contributed by atoms with E-state index in [-0.39, 0.29) is 17.1 Å². The summed E-state index contributed by atoms with van der Waals surface area (Å²) in [6.45, 7) is 0. The van der Waals surface area contributed by atoms with Crippen LogP contribution in [0, 0.1) is 0 Å². The third-order valence-electron chi connectivity index (χ3n) is 5.44. The molecule has 0 fully saturated rings. The highest BCUT2D eigenvalue weighted by molar-refractivity contribution is 7.22. The maximum Gasteiger partial charge on any atom is 0.197 e. The highest BCUT2D eigenvalue weighted by Crippen LogP contribution is 2.37. The van der Waals surface area contributed by atoms with Crippen LogP contribution in [-0.4, -0.2) is 11.6 Å². The van der Waals surface area contributed by atoms with Gasteiger partial charge in [0.05, 0.1) is 10.3 Å². The van der Waals surface area contributed by atoms with E-state index in [9.17, 15) is 9.59 Å². The third-order valence-corrected chi connectivity index (χ3v) is 6.55. The number of ketones is 2. The monoisotopic (exact) mass is 406 g/mol. The van der Waals surface area contributed by atoms with Crippen LogP contribution in [0.3, 0.4) is 0 Å². The number of carbonyl (C=O) groups excluding carboxylic acids is 2. The number of benzene rings is 3. The number of allylic oxidation sites excluding steroid dienone is 1. The molecular formula is C26H14O3S. The first-order valence-electron chi connectivity index (χ1n) is 9.60. The maximum absolute atomic E-state index is 12.9. The van der Waals surface area contributed by atoms with Gasteiger partial charge in [0.25, 0.3) is 0 Å². The number of hydrogen-bond acceptors (Lipinski definition) is 4. The Morgan fingerprint density at radius 1 is 0.733 bits per heavy atom. The van der Waals surface area contributed by atoms with E-state index in [2.05, 4.69) is 12.1 Å². The number of carbonyl (C=O) groups is 2. The van der Waals surface area contributed by atoms with Crippen molar-refractivity contribution in [3.05, 3.63) is 101 Å². The Labute approximate surface area is 175 Å². The van der Waals surface area contributed by atoms with E-state index in [1.165, 1.54) is 0 Å². The van der Waals surface area contributed by atoms with Crippen LogP contribution in [0.1, 0.15) is 26.5 Å². The molecule has 1 aliphatic rings. The summed E-state index contributed by atoms with van der Waals surface area (Å²) in [5, 5.41) is 1.90. The summed E-state index contributed by atoms with van der Waals surface area (Å²) in [4.78, 5) is 27.0. The highest BCUT2D eigenvalue weighted by atomic mass is 32.1. The van der Waals surface area contributed by atoms with Gasteiger partial charge in [-0.25, -0.2) is 0 Å². The van der Waals surface area contributed by atoms with E-state index in [0.29, 0.717) is 16.9 Å². The second-order valence-corrected chi connectivity index (χ2v) is 8.40. The fourth-order valence-electron chi connectivity index (χ4n) is 3.95. The maximum atomic E-state index is 12.9. The molecule has 0 N–H and O–H groups in total. The molecule has 142 valence electrons. The molecule has 0 bridgehead atoms. The van der Waals surface area contributed by atoms with Crippen LogP contribution in [0.25, 0.3) is 37.6 Å². The zero-order valence-corrected chi connectivity index (χ0v) is 16.5. The minimum absolute atomic E-state index is 0.157. The molecule has 0 aliphatic heterocycles. The number of thiophene rings is 1. The van der Waals surface area contributed by atoms with Crippen molar-refractivity contribution in [2.45, 2.75) is 0 Å². The molecule has 2 aromatic heterocycles. The minimum atomic E-state index is -0.245.